The van der Waals surface area contributed by atoms with Gasteiger partial charge in [0.2, 0.25) is 0 Å². The summed E-state index contributed by atoms with van der Waals surface area (Å²) in [7, 11) is -4.61. The van der Waals surface area contributed by atoms with Crippen LogP contribution < -0.4 is 0 Å². The van der Waals surface area contributed by atoms with Gasteiger partial charge in [-0.3, -0.25) is 0 Å². The van der Waals surface area contributed by atoms with Gasteiger partial charge in [0.15, 0.2) is 0 Å². The van der Waals surface area contributed by atoms with Crippen molar-refractivity contribution in [1.29, 1.82) is 0 Å². The minimum absolute atomic E-state index is 0. The maximum absolute atomic E-state index is 7.33. The quantitative estimate of drug-likeness (QED) is 0.309. The molecule has 0 aromatic rings. The van der Waals surface area contributed by atoms with Gasteiger partial charge in [-0.05, 0) is 0 Å². The fraction of sp³-hybridized carbons (Fsp3) is 0. The van der Waals surface area contributed by atoms with Gasteiger partial charge in [-0.15, -0.1) is 0 Å². The molecular weight excluding hydrogens is 384 g/mol. The van der Waals surface area contributed by atoms with E-state index >= 15 is 0 Å². The molecule has 9 heavy (non-hydrogen) atoms. The Morgan fingerprint density at radius 3 is 0.889 bits per heavy atom. The monoisotopic (exact) mass is 394 g/mol. The molecule has 0 bridgehead atoms. The predicted octanol–water partition coefficient (Wildman–Crippen LogP) is -5.63. The van der Waals surface area contributed by atoms with Crippen LogP contribution in [0.4, 0.5) is 0 Å². The summed E-state index contributed by atoms with van der Waals surface area (Å²) in [5.74, 6) is 0. The first-order valence-electron chi connectivity index (χ1n) is 0.894. The van der Waals surface area contributed by atoms with Crippen molar-refractivity contribution < 1.29 is 38.7 Å². The van der Waals surface area contributed by atoms with Crippen molar-refractivity contribution in [2.45, 2.75) is 0 Å². The normalized spacial score (nSPS) is 6.67. The van der Waals surface area contributed by atoms with Gasteiger partial charge < -0.3 is 19.2 Å². The van der Waals surface area contributed by atoms with Crippen molar-refractivity contribution in [3.8, 4) is 0 Å². The van der Waals surface area contributed by atoms with Gasteiger partial charge in [-0.1, -0.05) is 0 Å². The van der Waals surface area contributed by atoms with Gasteiger partial charge in [0.05, 0.1) is 8.41 Å². The van der Waals surface area contributed by atoms with Gasteiger partial charge in [-0.25, -0.2) is 0 Å². The first-order valence-corrected chi connectivity index (χ1v) is 2.68. The largest absolute Gasteiger partial charge is 0 e. The Labute approximate surface area is 100 Å². The molecule has 0 saturated carbocycles. The Bertz CT molecular complexity index is 36.0. The average molecular weight is 395 g/mol. The molecule has 50 valence electrons. The summed E-state index contributed by atoms with van der Waals surface area (Å²) in [6.07, 6.45) is 0. The SMILES string of the molecule is B.O[Si](O)(O)O.[BiH3].[LiH].[Zn]. The van der Waals surface area contributed by atoms with E-state index in [1.807, 2.05) is 0 Å². The molecule has 9 heteroatoms. The zero-order valence-corrected chi connectivity index (χ0v) is 13.2. The van der Waals surface area contributed by atoms with E-state index in [0.29, 0.717) is 0 Å². The standard InChI is InChI=1S/BH3.Bi.Li.H4O4Si.Zn.4H/c;;;1-5(2,3)4;;;;;/h1H3;;;1-4H;;;;;. The van der Waals surface area contributed by atoms with Crippen LogP contribution in [0.1, 0.15) is 0 Å². The second kappa shape index (κ2) is 12.9. The molecule has 4 nitrogen and oxygen atoms in total. The van der Waals surface area contributed by atoms with E-state index in [1.54, 1.807) is 0 Å². The average Bonchev–Trinajstić information content (AvgIpc) is 0.722. The number of hydrogen-bond acceptors (Lipinski definition) is 4. The molecule has 0 rings (SSSR count). The van der Waals surface area contributed by atoms with E-state index in [0.717, 1.165) is 0 Å². The molecule has 0 saturated heterocycles. The van der Waals surface area contributed by atoms with Gasteiger partial charge in [-0.2, -0.15) is 0 Å². The van der Waals surface area contributed by atoms with Crippen molar-refractivity contribution in [1.82, 2.24) is 0 Å². The zero-order valence-electron chi connectivity index (χ0n) is 3.70. The molecule has 0 aromatic heterocycles. The summed E-state index contributed by atoms with van der Waals surface area (Å²) in [5.41, 5.74) is 0. The number of rotatable bonds is 0. The molecule has 0 unspecified atom stereocenters. The third-order valence-electron chi connectivity index (χ3n) is 0. The molecule has 4 N–H and O–H groups in total. The molecule has 0 spiro atoms. The second-order valence-corrected chi connectivity index (χ2v) is 1.80. The Balaban J connectivity index is -0.0000000133. The molecule has 0 fully saturated rings. The third-order valence-corrected chi connectivity index (χ3v) is 0. The minimum Gasteiger partial charge on any atom is 0 e. The first-order chi connectivity index (χ1) is 2.00. The predicted molar refractivity (Wildman–Crippen MR) is 41.7 cm³/mol. The van der Waals surface area contributed by atoms with Crippen molar-refractivity contribution >= 4 is 62.5 Å². The van der Waals surface area contributed by atoms with Crippen LogP contribution in [0, 0.1) is 0 Å². The third kappa shape index (κ3) is 140. The van der Waals surface area contributed by atoms with E-state index in [9.17, 15) is 0 Å². The second-order valence-electron chi connectivity index (χ2n) is 0.600. The number of hydrogen-bond donors (Lipinski definition) is 4. The summed E-state index contributed by atoms with van der Waals surface area (Å²) >= 11 is 0. The van der Waals surface area contributed by atoms with Gasteiger partial charge >= 0.3 is 54.1 Å². The van der Waals surface area contributed by atoms with Gasteiger partial charge in [0.1, 0.15) is 0 Å². The Kier molecular flexibility index (Phi) is 43.3. The Morgan fingerprint density at radius 2 is 0.889 bits per heavy atom. The fourth-order valence-electron chi connectivity index (χ4n) is 0. The summed E-state index contributed by atoms with van der Waals surface area (Å²) in [6.45, 7) is 0. The molecule has 0 heterocycles. The summed E-state index contributed by atoms with van der Waals surface area (Å²) in [5, 5.41) is 0. The smallest absolute Gasteiger partial charge is 0 e. The molecule has 0 aromatic carbocycles. The fourth-order valence-corrected chi connectivity index (χ4v) is 0. The van der Waals surface area contributed by atoms with Crippen LogP contribution >= 0.6 is 0 Å². The summed E-state index contributed by atoms with van der Waals surface area (Å²) < 4.78 is 0. The van der Waals surface area contributed by atoms with Crippen molar-refractivity contribution in [2.75, 3.05) is 0 Å². The van der Waals surface area contributed by atoms with E-state index in [4.69, 9.17) is 19.2 Å². The zero-order chi connectivity index (χ0) is 4.50. The van der Waals surface area contributed by atoms with Crippen LogP contribution in [0.5, 0.6) is 0 Å². The van der Waals surface area contributed by atoms with Crippen LogP contribution in [-0.2, 0) is 19.5 Å². The first kappa shape index (κ1) is 30.3. The van der Waals surface area contributed by atoms with E-state index < -0.39 is 9.05 Å². The molecule has 0 amide bonds. The molecular formula is H11BBiLiO4SiZn. The molecule has 0 aliphatic heterocycles. The van der Waals surface area contributed by atoms with Gasteiger partial charge in [0, 0.05) is 19.5 Å². The molecule has 0 radical (unpaired) electrons. The Hall–Kier alpha value is 2.23. The summed E-state index contributed by atoms with van der Waals surface area (Å²) in [4.78, 5) is 29.3. The van der Waals surface area contributed by atoms with Crippen LogP contribution in [0.3, 0.4) is 0 Å². The maximum Gasteiger partial charge on any atom is 0 e. The van der Waals surface area contributed by atoms with E-state index in [2.05, 4.69) is 0 Å². The van der Waals surface area contributed by atoms with Gasteiger partial charge in [0.25, 0.3) is 0 Å². The van der Waals surface area contributed by atoms with Crippen LogP contribution in [0.25, 0.3) is 0 Å². The molecule has 0 atom stereocenters. The van der Waals surface area contributed by atoms with Crippen molar-refractivity contribution in [3.05, 3.63) is 0 Å². The summed E-state index contributed by atoms with van der Waals surface area (Å²) in [6, 6.07) is 0. The van der Waals surface area contributed by atoms with E-state index in [-0.39, 0.29) is 73.0 Å². The Morgan fingerprint density at radius 1 is 0.889 bits per heavy atom. The van der Waals surface area contributed by atoms with E-state index in [1.165, 1.54) is 0 Å². The van der Waals surface area contributed by atoms with Crippen LogP contribution in [-0.4, -0.2) is 81.7 Å². The molecule has 0 aliphatic rings. The topological polar surface area (TPSA) is 80.9 Å². The van der Waals surface area contributed by atoms with Crippen LogP contribution in [0.2, 0.25) is 0 Å². The maximum atomic E-state index is 7.33. The minimum atomic E-state index is -4.61. The van der Waals surface area contributed by atoms with Crippen molar-refractivity contribution in [2.24, 2.45) is 0 Å². The van der Waals surface area contributed by atoms with Crippen LogP contribution in [0.15, 0.2) is 0 Å². The van der Waals surface area contributed by atoms with Crippen molar-refractivity contribution in [3.63, 3.8) is 0 Å². The molecule has 0 aliphatic carbocycles.